The van der Waals surface area contributed by atoms with Crippen LogP contribution in [-0.4, -0.2) is 72.3 Å². The third kappa shape index (κ3) is 7.87. The topological polar surface area (TPSA) is 128 Å². The molecular formula is C18H32N4O5S. The van der Waals surface area contributed by atoms with Crippen LogP contribution in [-0.2, 0) is 14.3 Å². The van der Waals surface area contributed by atoms with Gasteiger partial charge in [0.25, 0.3) is 0 Å². The first-order valence-corrected chi connectivity index (χ1v) is 10.1. The average molecular weight is 417 g/mol. The summed E-state index contributed by atoms with van der Waals surface area (Å²) in [6.07, 6.45) is 2.48. The zero-order chi connectivity index (χ0) is 21.1. The largest absolute Gasteiger partial charge is 0.450 e. The SMILES string of the molecule is CCOC(=O)N1CCC(C(N)=O)CC1.CCOC(=O)N1CCC(C(N)=S)CC1. The van der Waals surface area contributed by atoms with Crippen LogP contribution in [0.2, 0.25) is 0 Å². The van der Waals surface area contributed by atoms with E-state index in [9.17, 15) is 14.4 Å². The fourth-order valence-electron chi connectivity index (χ4n) is 3.12. The Morgan fingerprint density at radius 1 is 0.821 bits per heavy atom. The molecule has 0 bridgehead atoms. The molecule has 0 spiro atoms. The molecule has 0 aromatic heterocycles. The maximum absolute atomic E-state index is 11.3. The van der Waals surface area contributed by atoms with Crippen LogP contribution in [0.3, 0.4) is 0 Å². The summed E-state index contributed by atoms with van der Waals surface area (Å²) in [5.41, 5.74) is 10.7. The fourth-order valence-corrected chi connectivity index (χ4v) is 3.36. The molecule has 2 saturated heterocycles. The maximum Gasteiger partial charge on any atom is 0.409 e. The number of nitrogens with zero attached hydrogens (tertiary/aromatic N) is 2. The molecule has 2 rings (SSSR count). The van der Waals surface area contributed by atoms with Gasteiger partial charge in [-0.05, 0) is 39.5 Å². The molecule has 0 unspecified atom stereocenters. The summed E-state index contributed by atoms with van der Waals surface area (Å²) in [5.74, 6) is -0.0649. The second-order valence-corrected chi connectivity index (χ2v) is 7.20. The van der Waals surface area contributed by atoms with E-state index in [0.29, 0.717) is 57.2 Å². The number of primary amides is 1. The Kier molecular flexibility index (Phi) is 10.6. The van der Waals surface area contributed by atoms with Gasteiger partial charge in [0.15, 0.2) is 0 Å². The molecule has 28 heavy (non-hydrogen) atoms. The van der Waals surface area contributed by atoms with E-state index in [1.165, 1.54) is 0 Å². The van der Waals surface area contributed by atoms with E-state index in [-0.39, 0.29) is 29.9 Å². The van der Waals surface area contributed by atoms with E-state index in [4.69, 9.17) is 33.2 Å². The van der Waals surface area contributed by atoms with E-state index < -0.39 is 0 Å². The van der Waals surface area contributed by atoms with Gasteiger partial charge in [0.2, 0.25) is 5.91 Å². The van der Waals surface area contributed by atoms with Gasteiger partial charge in [-0.3, -0.25) is 4.79 Å². The number of nitrogens with two attached hydrogens (primary N) is 2. The van der Waals surface area contributed by atoms with Crippen LogP contribution in [0.4, 0.5) is 9.59 Å². The highest BCUT2D eigenvalue weighted by atomic mass is 32.1. The van der Waals surface area contributed by atoms with Crippen molar-refractivity contribution in [2.45, 2.75) is 39.5 Å². The predicted octanol–water partition coefficient (Wildman–Crippen LogP) is 1.48. The monoisotopic (exact) mass is 416 g/mol. The zero-order valence-electron chi connectivity index (χ0n) is 16.7. The Bertz CT molecular complexity index is 496. The summed E-state index contributed by atoms with van der Waals surface area (Å²) in [5, 5.41) is 0. The number of piperidine rings is 2. The number of hydrogen-bond acceptors (Lipinski definition) is 6. The minimum Gasteiger partial charge on any atom is -0.450 e. The van der Waals surface area contributed by atoms with Crippen LogP contribution in [0.5, 0.6) is 0 Å². The minimum absolute atomic E-state index is 0.0827. The van der Waals surface area contributed by atoms with E-state index in [1.807, 2.05) is 0 Å². The molecule has 0 aromatic rings. The normalized spacial score (nSPS) is 17.9. The second kappa shape index (κ2) is 12.4. The molecule has 3 amide bonds. The molecule has 2 aliphatic heterocycles. The summed E-state index contributed by atoms with van der Waals surface area (Å²) >= 11 is 4.91. The van der Waals surface area contributed by atoms with Gasteiger partial charge in [-0.1, -0.05) is 12.2 Å². The molecule has 10 heteroatoms. The molecule has 2 fully saturated rings. The summed E-state index contributed by atoms with van der Waals surface area (Å²) in [6.45, 7) is 6.90. The van der Waals surface area contributed by atoms with E-state index in [0.717, 1.165) is 12.8 Å². The first-order valence-electron chi connectivity index (χ1n) is 9.72. The molecule has 0 radical (unpaired) electrons. The van der Waals surface area contributed by atoms with Crippen molar-refractivity contribution >= 4 is 35.3 Å². The van der Waals surface area contributed by atoms with Crippen molar-refractivity contribution in [3.05, 3.63) is 0 Å². The molecule has 160 valence electrons. The summed E-state index contributed by atoms with van der Waals surface area (Å²) in [4.78, 5) is 37.3. The zero-order valence-corrected chi connectivity index (χ0v) is 17.5. The van der Waals surface area contributed by atoms with Crippen LogP contribution in [0.15, 0.2) is 0 Å². The van der Waals surface area contributed by atoms with Crippen molar-refractivity contribution in [3.8, 4) is 0 Å². The minimum atomic E-state index is -0.296. The predicted molar refractivity (Wildman–Crippen MR) is 109 cm³/mol. The first kappa shape index (κ1) is 23.9. The highest BCUT2D eigenvalue weighted by molar-refractivity contribution is 7.80. The van der Waals surface area contributed by atoms with Gasteiger partial charge < -0.3 is 30.7 Å². The molecule has 0 atom stereocenters. The third-order valence-corrected chi connectivity index (χ3v) is 5.18. The van der Waals surface area contributed by atoms with Crippen LogP contribution in [0.1, 0.15) is 39.5 Å². The molecular weight excluding hydrogens is 384 g/mol. The number of carbonyl (C=O) groups is 3. The summed E-state index contributed by atoms with van der Waals surface area (Å²) < 4.78 is 9.75. The van der Waals surface area contributed by atoms with Crippen molar-refractivity contribution < 1.29 is 23.9 Å². The Morgan fingerprint density at radius 3 is 1.46 bits per heavy atom. The standard InChI is InChI=1S/C9H16N2O3.C9H16N2O2S/c1-2-14-9(13)11-5-3-7(4-6-11)8(10)12;1-2-13-9(12)11-5-3-7(4-6-11)8(10)14/h7H,2-6H2,1H3,(H2,10,12);7H,2-6H2,1H3,(H2,10,14). The second-order valence-electron chi connectivity index (χ2n) is 6.73. The molecule has 9 nitrogen and oxygen atoms in total. The van der Waals surface area contributed by atoms with E-state index in [2.05, 4.69) is 0 Å². The lowest BCUT2D eigenvalue weighted by atomic mass is 9.97. The number of rotatable bonds is 4. The number of amides is 3. The van der Waals surface area contributed by atoms with Gasteiger partial charge in [-0.15, -0.1) is 0 Å². The van der Waals surface area contributed by atoms with Gasteiger partial charge in [-0.25, -0.2) is 9.59 Å². The van der Waals surface area contributed by atoms with Crippen LogP contribution in [0.25, 0.3) is 0 Å². The van der Waals surface area contributed by atoms with Crippen LogP contribution < -0.4 is 11.5 Å². The van der Waals surface area contributed by atoms with Crippen molar-refractivity contribution in [2.24, 2.45) is 23.3 Å². The number of likely N-dealkylation sites (tertiary alicyclic amines) is 2. The lowest BCUT2D eigenvalue weighted by molar-refractivity contribution is -0.123. The summed E-state index contributed by atoms with van der Waals surface area (Å²) in [7, 11) is 0. The summed E-state index contributed by atoms with van der Waals surface area (Å²) in [6, 6.07) is 0. The van der Waals surface area contributed by atoms with Gasteiger partial charge in [0, 0.05) is 38.0 Å². The molecule has 0 aliphatic carbocycles. The number of carbonyl (C=O) groups excluding carboxylic acids is 3. The smallest absolute Gasteiger partial charge is 0.409 e. The quantitative estimate of drug-likeness (QED) is 0.664. The van der Waals surface area contributed by atoms with Crippen molar-refractivity contribution in [1.82, 2.24) is 9.80 Å². The Morgan fingerprint density at radius 2 is 1.18 bits per heavy atom. The third-order valence-electron chi connectivity index (χ3n) is 4.85. The fraction of sp³-hybridized carbons (Fsp3) is 0.778. The molecule has 4 N–H and O–H groups in total. The van der Waals surface area contributed by atoms with Crippen LogP contribution >= 0.6 is 12.2 Å². The number of ether oxygens (including phenoxy) is 2. The Balaban J connectivity index is 0.000000280. The van der Waals surface area contributed by atoms with Crippen molar-refractivity contribution in [1.29, 1.82) is 0 Å². The number of thiocarbonyl (C=S) groups is 1. The molecule has 2 aliphatic rings. The lowest BCUT2D eigenvalue weighted by Gasteiger charge is -2.30. The number of hydrogen-bond donors (Lipinski definition) is 2. The van der Waals surface area contributed by atoms with Gasteiger partial charge in [0.1, 0.15) is 0 Å². The average Bonchev–Trinajstić information content (AvgIpc) is 2.69. The van der Waals surface area contributed by atoms with Gasteiger partial charge in [-0.2, -0.15) is 0 Å². The maximum atomic E-state index is 11.3. The Labute approximate surface area is 171 Å². The first-order chi connectivity index (χ1) is 13.3. The molecule has 0 saturated carbocycles. The highest BCUT2D eigenvalue weighted by Gasteiger charge is 2.26. The van der Waals surface area contributed by atoms with Gasteiger partial charge in [0.05, 0.1) is 18.2 Å². The highest BCUT2D eigenvalue weighted by Crippen LogP contribution is 2.18. The van der Waals surface area contributed by atoms with E-state index >= 15 is 0 Å². The van der Waals surface area contributed by atoms with Gasteiger partial charge >= 0.3 is 12.2 Å². The Hall–Kier alpha value is -2.10. The van der Waals surface area contributed by atoms with Crippen LogP contribution in [0, 0.1) is 11.8 Å². The lowest BCUT2D eigenvalue weighted by Crippen LogP contribution is -2.41. The molecule has 2 heterocycles. The van der Waals surface area contributed by atoms with Crippen molar-refractivity contribution in [2.75, 3.05) is 39.4 Å². The molecule has 0 aromatic carbocycles. The van der Waals surface area contributed by atoms with E-state index in [1.54, 1.807) is 23.6 Å². The van der Waals surface area contributed by atoms with Crippen molar-refractivity contribution in [3.63, 3.8) is 0 Å².